The molecule has 0 unspecified atom stereocenters. The number of carbonyl (C=O) groups excluding carboxylic acids is 2. The Morgan fingerprint density at radius 1 is 1.08 bits per heavy atom. The molecule has 0 atom stereocenters. The number of rotatable bonds is 5. The molecule has 0 aliphatic carbocycles. The fourth-order valence-electron chi connectivity index (χ4n) is 2.99. The molecule has 0 saturated carbocycles. The lowest BCUT2D eigenvalue weighted by molar-refractivity contribution is 0.0610. The van der Waals surface area contributed by atoms with E-state index in [1.165, 1.54) is 16.7 Å². The Kier molecular flexibility index (Phi) is 4.19. The summed E-state index contributed by atoms with van der Waals surface area (Å²) in [5.74, 6) is 2.67. The summed E-state index contributed by atoms with van der Waals surface area (Å²) in [6.07, 6.45) is 5.49. The van der Waals surface area contributed by atoms with Crippen LogP contribution in [-0.2, 0) is 6.42 Å². The second-order valence-corrected chi connectivity index (χ2v) is 6.60. The highest BCUT2D eigenvalue weighted by Crippen LogP contribution is 2.30. The maximum absolute atomic E-state index is 12.8. The molecular weight excluding hydrogens is 350 g/mol. The van der Waals surface area contributed by atoms with Crippen LogP contribution < -0.4 is 0 Å². The van der Waals surface area contributed by atoms with E-state index in [1.54, 1.807) is 12.1 Å². The molecule has 0 N–H and O–H groups in total. The second kappa shape index (κ2) is 6.65. The second-order valence-electron chi connectivity index (χ2n) is 5.68. The molecular formula is C19H13N3O3S. The van der Waals surface area contributed by atoms with Gasteiger partial charge in [-0.15, -0.1) is 16.6 Å². The van der Waals surface area contributed by atoms with E-state index in [1.807, 2.05) is 24.3 Å². The molecule has 0 bridgehead atoms. The number of hydrogen-bond acceptors (Lipinski definition) is 6. The molecule has 1 aromatic heterocycles. The average Bonchev–Trinajstić information content (AvgIpc) is 3.12. The van der Waals surface area contributed by atoms with Gasteiger partial charge in [0, 0.05) is 29.5 Å². The predicted octanol–water partition coefficient (Wildman–Crippen LogP) is 2.79. The third-order valence-electron chi connectivity index (χ3n) is 4.13. The van der Waals surface area contributed by atoms with Crippen molar-refractivity contribution in [3.8, 4) is 12.3 Å². The number of amides is 2. The van der Waals surface area contributed by atoms with Crippen LogP contribution >= 0.6 is 11.8 Å². The summed E-state index contributed by atoms with van der Waals surface area (Å²) in [5.41, 5.74) is 1.07. The zero-order valence-electron chi connectivity index (χ0n) is 13.6. The summed E-state index contributed by atoms with van der Waals surface area (Å²) < 4.78 is 5.47. The number of thioether (sulfide) groups is 1. The first kappa shape index (κ1) is 16.4. The van der Waals surface area contributed by atoms with Gasteiger partial charge >= 0.3 is 0 Å². The van der Waals surface area contributed by atoms with Crippen molar-refractivity contribution in [1.29, 1.82) is 0 Å². The quantitative estimate of drug-likeness (QED) is 0.394. The molecule has 0 fully saturated rings. The van der Waals surface area contributed by atoms with Crippen LogP contribution in [0.5, 0.6) is 0 Å². The Balaban J connectivity index is 1.57. The third-order valence-corrected chi connectivity index (χ3v) is 4.86. The molecule has 4 rings (SSSR count). The summed E-state index contributed by atoms with van der Waals surface area (Å²) in [7, 11) is 0. The number of hydrogen-bond donors (Lipinski definition) is 0. The first-order valence-corrected chi connectivity index (χ1v) is 8.94. The molecule has 0 radical (unpaired) electrons. The highest BCUT2D eigenvalue weighted by Gasteiger charge is 2.32. The monoisotopic (exact) mass is 363 g/mol. The van der Waals surface area contributed by atoms with Gasteiger partial charge in [0.05, 0.1) is 5.75 Å². The van der Waals surface area contributed by atoms with Crippen molar-refractivity contribution in [2.45, 2.75) is 11.6 Å². The Bertz CT molecular complexity index is 1020. The fraction of sp³-hybridized carbons (Fsp3) is 0.158. The van der Waals surface area contributed by atoms with Gasteiger partial charge in [-0.25, -0.2) is 0 Å². The van der Waals surface area contributed by atoms with Gasteiger partial charge in [0.2, 0.25) is 5.89 Å². The standard InChI is InChI=1S/C19H13N3O3S/c1-2-11-26-19-21-20-15(25-19)9-10-22-17(23)13-7-3-5-12-6-4-8-14(16(12)13)18(22)24/h1,3-8H,9-11H2. The lowest BCUT2D eigenvalue weighted by Crippen LogP contribution is -2.41. The average molecular weight is 363 g/mol. The molecule has 26 heavy (non-hydrogen) atoms. The molecule has 1 aliphatic rings. The molecule has 2 heterocycles. The lowest BCUT2D eigenvalue weighted by Gasteiger charge is -2.26. The molecule has 2 aromatic carbocycles. The topological polar surface area (TPSA) is 76.3 Å². The summed E-state index contributed by atoms with van der Waals surface area (Å²) in [6.45, 7) is 0.170. The van der Waals surface area contributed by atoms with Gasteiger partial charge in [-0.05, 0) is 17.5 Å². The molecule has 3 aromatic rings. The van der Waals surface area contributed by atoms with Crippen LogP contribution in [0.1, 0.15) is 26.6 Å². The van der Waals surface area contributed by atoms with Crippen molar-refractivity contribution in [1.82, 2.24) is 15.1 Å². The Morgan fingerprint density at radius 3 is 2.42 bits per heavy atom. The van der Waals surface area contributed by atoms with Crippen LogP contribution in [0.15, 0.2) is 46.0 Å². The van der Waals surface area contributed by atoms with Crippen LogP contribution in [-0.4, -0.2) is 39.2 Å². The minimum Gasteiger partial charge on any atom is -0.416 e. The SMILES string of the molecule is C#CCSc1nnc(CCN2C(=O)c3cccc4cccc(c34)C2=O)o1. The zero-order valence-corrected chi connectivity index (χ0v) is 14.5. The van der Waals surface area contributed by atoms with E-state index in [0.717, 1.165) is 5.39 Å². The predicted molar refractivity (Wildman–Crippen MR) is 96.9 cm³/mol. The van der Waals surface area contributed by atoms with Gasteiger partial charge in [-0.2, -0.15) is 0 Å². The highest BCUT2D eigenvalue weighted by atomic mass is 32.2. The highest BCUT2D eigenvalue weighted by molar-refractivity contribution is 7.99. The van der Waals surface area contributed by atoms with Gasteiger partial charge in [0.1, 0.15) is 0 Å². The molecule has 7 heteroatoms. The zero-order chi connectivity index (χ0) is 18.1. The molecule has 2 amide bonds. The number of imide groups is 1. The minimum absolute atomic E-state index is 0.170. The van der Waals surface area contributed by atoms with Crippen LogP contribution in [0.4, 0.5) is 0 Å². The van der Waals surface area contributed by atoms with E-state index < -0.39 is 0 Å². The maximum atomic E-state index is 12.8. The van der Waals surface area contributed by atoms with E-state index in [-0.39, 0.29) is 18.4 Å². The minimum atomic E-state index is -0.305. The van der Waals surface area contributed by atoms with Crippen molar-refractivity contribution in [2.24, 2.45) is 0 Å². The van der Waals surface area contributed by atoms with Crippen LogP contribution in [0.3, 0.4) is 0 Å². The van der Waals surface area contributed by atoms with Crippen molar-refractivity contribution in [3.05, 3.63) is 53.4 Å². The first-order chi connectivity index (χ1) is 12.7. The summed E-state index contributed by atoms with van der Waals surface area (Å²) in [6, 6.07) is 10.9. The summed E-state index contributed by atoms with van der Waals surface area (Å²) in [5, 5.41) is 9.79. The van der Waals surface area contributed by atoms with E-state index in [0.29, 0.717) is 39.8 Å². The largest absolute Gasteiger partial charge is 0.416 e. The molecule has 6 nitrogen and oxygen atoms in total. The van der Waals surface area contributed by atoms with Crippen LogP contribution in [0, 0.1) is 12.3 Å². The molecule has 1 aliphatic heterocycles. The van der Waals surface area contributed by atoms with Crippen molar-refractivity contribution in [2.75, 3.05) is 12.3 Å². The number of carbonyl (C=O) groups is 2. The van der Waals surface area contributed by atoms with Gasteiger partial charge < -0.3 is 4.42 Å². The van der Waals surface area contributed by atoms with E-state index in [9.17, 15) is 9.59 Å². The smallest absolute Gasteiger partial charge is 0.277 e. The number of aromatic nitrogens is 2. The number of terminal acetylenes is 1. The van der Waals surface area contributed by atoms with Gasteiger partial charge in [-0.1, -0.05) is 41.9 Å². The van der Waals surface area contributed by atoms with Gasteiger partial charge in [-0.3, -0.25) is 14.5 Å². The summed E-state index contributed by atoms with van der Waals surface area (Å²) in [4.78, 5) is 26.8. The Morgan fingerprint density at radius 2 is 1.77 bits per heavy atom. The number of nitrogens with zero attached hydrogens (tertiary/aromatic N) is 3. The van der Waals surface area contributed by atoms with Crippen LogP contribution in [0.2, 0.25) is 0 Å². The third kappa shape index (κ3) is 2.74. The van der Waals surface area contributed by atoms with Crippen molar-refractivity contribution < 1.29 is 14.0 Å². The Labute approximate surface area is 153 Å². The normalized spacial score (nSPS) is 13.3. The van der Waals surface area contributed by atoms with Crippen molar-refractivity contribution >= 4 is 34.3 Å². The lowest BCUT2D eigenvalue weighted by atomic mass is 9.94. The molecule has 128 valence electrons. The maximum Gasteiger partial charge on any atom is 0.277 e. The first-order valence-electron chi connectivity index (χ1n) is 7.95. The van der Waals surface area contributed by atoms with Crippen LogP contribution in [0.25, 0.3) is 10.8 Å². The van der Waals surface area contributed by atoms with E-state index in [4.69, 9.17) is 10.8 Å². The Hall–Kier alpha value is -3.11. The van der Waals surface area contributed by atoms with Crippen molar-refractivity contribution in [3.63, 3.8) is 0 Å². The van der Waals surface area contributed by atoms with Gasteiger partial charge in [0.15, 0.2) is 0 Å². The van der Waals surface area contributed by atoms with E-state index in [2.05, 4.69) is 16.1 Å². The van der Waals surface area contributed by atoms with E-state index >= 15 is 0 Å². The number of benzene rings is 2. The van der Waals surface area contributed by atoms with Gasteiger partial charge in [0.25, 0.3) is 17.0 Å². The molecule has 0 spiro atoms. The summed E-state index contributed by atoms with van der Waals surface area (Å²) >= 11 is 1.27. The fourth-order valence-corrected chi connectivity index (χ4v) is 3.45. The molecule has 0 saturated heterocycles.